The number of nitrogens with zero attached hydrogens (tertiary/aromatic N) is 4. The van der Waals surface area contributed by atoms with Crippen LogP contribution >= 0.6 is 45.1 Å². The van der Waals surface area contributed by atoms with Crippen molar-refractivity contribution in [2.24, 2.45) is 0 Å². The first kappa shape index (κ1) is 28.5. The van der Waals surface area contributed by atoms with Crippen molar-refractivity contribution >= 4 is 56.1 Å². The number of hydrogen-bond donors (Lipinski definition) is 0. The zero-order valence-corrected chi connectivity index (χ0v) is 26.3. The highest BCUT2D eigenvalue weighted by molar-refractivity contribution is 8.76. The molecule has 0 saturated heterocycles. The molecule has 0 unspecified atom stereocenters. The van der Waals surface area contributed by atoms with Crippen LogP contribution in [0, 0.1) is 36.5 Å². The fraction of sp³-hybridized carbons (Fsp3) is 0.118. The molecule has 0 aliphatic rings. The van der Waals surface area contributed by atoms with Gasteiger partial charge in [0, 0.05) is 23.9 Å². The second-order valence-corrected chi connectivity index (χ2v) is 14.0. The van der Waals surface area contributed by atoms with Crippen LogP contribution in [0.15, 0.2) is 117 Å². The van der Waals surface area contributed by atoms with Crippen LogP contribution < -0.4 is 0 Å². The number of thioether (sulfide) groups is 2. The lowest BCUT2D eigenvalue weighted by atomic mass is 10.2. The topological polar surface area (TPSA) is 56.4 Å². The highest BCUT2D eigenvalue weighted by atomic mass is 33.1. The fourth-order valence-corrected chi connectivity index (χ4v) is 10.3. The van der Waals surface area contributed by atoms with Crippen LogP contribution in [0.2, 0.25) is 0 Å². The number of aryl methyl sites for hydroxylation is 2. The van der Waals surface area contributed by atoms with Gasteiger partial charge in [0.15, 0.2) is 0 Å². The van der Waals surface area contributed by atoms with Gasteiger partial charge >= 0.3 is 0 Å². The molecule has 4 aromatic heterocycles. The lowest BCUT2D eigenvalue weighted by molar-refractivity contribution is 1.12. The van der Waals surface area contributed by atoms with E-state index >= 15 is 0 Å². The van der Waals surface area contributed by atoms with Gasteiger partial charge in [-0.1, -0.05) is 60.7 Å². The number of pyridine rings is 2. The Balaban J connectivity index is 1.43. The molecule has 0 fully saturated rings. The molecule has 2 aromatic carbocycles. The number of nitriles is 2. The van der Waals surface area contributed by atoms with Crippen LogP contribution in [0.3, 0.4) is 0 Å². The van der Waals surface area contributed by atoms with Crippen molar-refractivity contribution in [2.45, 2.75) is 44.9 Å². The summed E-state index contributed by atoms with van der Waals surface area (Å²) < 4.78 is 4.02. The van der Waals surface area contributed by atoms with Gasteiger partial charge in [0.2, 0.25) is 0 Å². The van der Waals surface area contributed by atoms with E-state index in [2.05, 4.69) is 62.4 Å². The van der Waals surface area contributed by atoms with E-state index in [1.54, 1.807) is 45.1 Å². The second-order valence-electron chi connectivity index (χ2n) is 9.87. The van der Waals surface area contributed by atoms with Crippen molar-refractivity contribution in [1.82, 2.24) is 8.80 Å². The average Bonchev–Trinajstić information content (AvgIpc) is 3.48. The Morgan fingerprint density at radius 2 is 0.976 bits per heavy atom. The molecule has 6 aromatic rings. The molecular formula is C34H26N4S4. The van der Waals surface area contributed by atoms with E-state index in [1.165, 1.54) is 11.1 Å². The molecule has 0 spiro atoms. The Morgan fingerprint density at radius 3 is 1.36 bits per heavy atom. The Bertz CT molecular complexity index is 1830. The maximum Gasteiger partial charge on any atom is 0.139 e. The molecule has 0 aliphatic heterocycles. The van der Waals surface area contributed by atoms with Gasteiger partial charge in [-0.05, 0) is 82.0 Å². The Hall–Kier alpha value is -3.66. The van der Waals surface area contributed by atoms with Crippen LogP contribution in [-0.4, -0.2) is 8.80 Å². The second kappa shape index (κ2) is 12.7. The number of fused-ring (bicyclic) bond motifs is 2. The SMILES string of the molecule is Cc1ccn2c(C#N)c(SCc3ccccc3)c(SSc3c(SCc4ccccc4)c(C#N)n4ccc(C)cc34)c2c1. The molecule has 0 atom stereocenters. The maximum absolute atomic E-state index is 10.3. The maximum atomic E-state index is 10.3. The summed E-state index contributed by atoms with van der Waals surface area (Å²) in [4.78, 5) is 4.13. The molecule has 206 valence electrons. The van der Waals surface area contributed by atoms with E-state index in [1.807, 2.05) is 69.7 Å². The van der Waals surface area contributed by atoms with Gasteiger partial charge in [-0.15, -0.1) is 23.5 Å². The van der Waals surface area contributed by atoms with Crippen molar-refractivity contribution < 1.29 is 0 Å². The van der Waals surface area contributed by atoms with Crippen molar-refractivity contribution in [3.05, 3.63) is 131 Å². The van der Waals surface area contributed by atoms with Gasteiger partial charge in [0.25, 0.3) is 0 Å². The van der Waals surface area contributed by atoms with Gasteiger partial charge < -0.3 is 8.80 Å². The molecular weight excluding hydrogens is 593 g/mol. The van der Waals surface area contributed by atoms with E-state index < -0.39 is 0 Å². The number of hydrogen-bond acceptors (Lipinski definition) is 6. The standard InChI is InChI=1S/C34H26N4S4/c1-23-13-15-37-27(17-23)33(31(29(37)19-35)39-21-25-9-5-3-6-10-25)41-42-34-28-18-24(2)14-16-38(28)30(20-36)32(34)40-22-26-11-7-4-8-12-26/h3-18H,21-22H2,1-2H3. The van der Waals surface area contributed by atoms with Crippen molar-refractivity contribution in [2.75, 3.05) is 0 Å². The minimum absolute atomic E-state index is 0.656. The van der Waals surface area contributed by atoms with Crippen LogP contribution in [0.5, 0.6) is 0 Å². The summed E-state index contributed by atoms with van der Waals surface area (Å²) in [6.45, 7) is 4.16. The van der Waals surface area contributed by atoms with Gasteiger partial charge in [0.1, 0.15) is 23.5 Å². The molecule has 6 rings (SSSR count). The molecule has 0 aliphatic carbocycles. The van der Waals surface area contributed by atoms with Crippen LogP contribution in [0.25, 0.3) is 11.0 Å². The molecule has 8 heteroatoms. The van der Waals surface area contributed by atoms with Crippen molar-refractivity contribution in [3.8, 4) is 12.1 Å². The molecule has 4 nitrogen and oxygen atoms in total. The van der Waals surface area contributed by atoms with Crippen molar-refractivity contribution in [1.29, 1.82) is 10.5 Å². The molecule has 0 N–H and O–H groups in total. The highest BCUT2D eigenvalue weighted by Crippen LogP contribution is 2.51. The zero-order chi connectivity index (χ0) is 29.1. The third-order valence-electron chi connectivity index (χ3n) is 6.88. The quantitative estimate of drug-likeness (QED) is 0.119. The first-order valence-corrected chi connectivity index (χ1v) is 17.5. The van der Waals surface area contributed by atoms with Crippen LogP contribution in [0.4, 0.5) is 0 Å². The minimum Gasteiger partial charge on any atom is -0.306 e. The third kappa shape index (κ3) is 5.69. The summed E-state index contributed by atoms with van der Waals surface area (Å²) in [6.07, 6.45) is 3.99. The summed E-state index contributed by atoms with van der Waals surface area (Å²) in [5.41, 5.74) is 8.09. The summed E-state index contributed by atoms with van der Waals surface area (Å²) in [7, 11) is 3.36. The summed E-state index contributed by atoms with van der Waals surface area (Å²) >= 11 is 3.41. The Labute approximate surface area is 262 Å². The molecule has 0 bridgehead atoms. The minimum atomic E-state index is 0.656. The largest absolute Gasteiger partial charge is 0.306 e. The Kier molecular flexibility index (Phi) is 8.60. The lowest BCUT2D eigenvalue weighted by Crippen LogP contribution is -1.88. The predicted molar refractivity (Wildman–Crippen MR) is 177 cm³/mol. The van der Waals surface area contributed by atoms with E-state index in [9.17, 15) is 10.5 Å². The van der Waals surface area contributed by atoms with E-state index in [-0.39, 0.29) is 0 Å². The monoisotopic (exact) mass is 618 g/mol. The molecule has 0 amide bonds. The normalized spacial score (nSPS) is 11.1. The predicted octanol–water partition coefficient (Wildman–Crippen LogP) is 9.94. The molecule has 42 heavy (non-hydrogen) atoms. The summed E-state index contributed by atoms with van der Waals surface area (Å²) in [5.74, 6) is 1.55. The zero-order valence-electron chi connectivity index (χ0n) is 23.1. The van der Waals surface area contributed by atoms with E-state index in [4.69, 9.17) is 0 Å². The smallest absolute Gasteiger partial charge is 0.139 e. The van der Waals surface area contributed by atoms with Crippen LogP contribution in [0.1, 0.15) is 33.6 Å². The summed E-state index contributed by atoms with van der Waals surface area (Å²) in [5, 5.41) is 20.5. The van der Waals surface area contributed by atoms with Gasteiger partial charge in [-0.3, -0.25) is 0 Å². The van der Waals surface area contributed by atoms with Crippen LogP contribution in [-0.2, 0) is 11.5 Å². The number of benzene rings is 2. The highest BCUT2D eigenvalue weighted by Gasteiger charge is 2.24. The summed E-state index contributed by atoms with van der Waals surface area (Å²) in [6, 6.07) is 34.1. The molecule has 4 heterocycles. The first-order chi connectivity index (χ1) is 20.6. The third-order valence-corrected chi connectivity index (χ3v) is 12.0. The van der Waals surface area contributed by atoms with Gasteiger partial charge in [0.05, 0.1) is 30.6 Å². The lowest BCUT2D eigenvalue weighted by Gasteiger charge is -2.08. The first-order valence-electron chi connectivity index (χ1n) is 13.3. The fourth-order valence-electron chi connectivity index (χ4n) is 4.80. The van der Waals surface area contributed by atoms with Crippen molar-refractivity contribution in [3.63, 3.8) is 0 Å². The Morgan fingerprint density at radius 1 is 0.571 bits per heavy atom. The van der Waals surface area contributed by atoms with Gasteiger partial charge in [-0.25, -0.2) is 0 Å². The van der Waals surface area contributed by atoms with Gasteiger partial charge in [-0.2, -0.15) is 10.5 Å². The molecule has 0 radical (unpaired) electrons. The average molecular weight is 619 g/mol. The van der Waals surface area contributed by atoms with E-state index in [0.717, 1.165) is 53.2 Å². The molecule has 0 saturated carbocycles. The number of aromatic nitrogens is 2. The van der Waals surface area contributed by atoms with E-state index in [0.29, 0.717) is 11.4 Å². The number of rotatable bonds is 9.